The van der Waals surface area contributed by atoms with Crippen LogP contribution in [0.3, 0.4) is 0 Å². The fourth-order valence-electron chi connectivity index (χ4n) is 1.80. The lowest BCUT2D eigenvalue weighted by molar-refractivity contribution is 0.102. The lowest BCUT2D eigenvalue weighted by atomic mass is 10.1. The predicted molar refractivity (Wildman–Crippen MR) is 70.3 cm³/mol. The summed E-state index contributed by atoms with van der Waals surface area (Å²) in [6.07, 6.45) is 2.40. The van der Waals surface area contributed by atoms with Gasteiger partial charge in [-0.1, -0.05) is 6.92 Å². The maximum atomic E-state index is 12.0. The highest BCUT2D eigenvalue weighted by Gasteiger charge is 2.14. The zero-order valence-corrected chi connectivity index (χ0v) is 10.7. The number of aromatic hydroxyl groups is 2. The van der Waals surface area contributed by atoms with Crippen molar-refractivity contribution in [1.82, 2.24) is 9.78 Å². The van der Waals surface area contributed by atoms with E-state index in [4.69, 9.17) is 0 Å². The number of rotatable bonds is 3. The van der Waals surface area contributed by atoms with Crippen LogP contribution in [0.5, 0.6) is 11.5 Å². The summed E-state index contributed by atoms with van der Waals surface area (Å²) in [5.41, 5.74) is 1.49. The van der Waals surface area contributed by atoms with Gasteiger partial charge in [-0.25, -0.2) is 0 Å². The molecule has 2 rings (SSSR count). The van der Waals surface area contributed by atoms with Crippen LogP contribution in [0.1, 0.15) is 23.0 Å². The SMILES string of the molecule is CCc1nn(C)cc1NC(=O)c1ccc(O)cc1O. The summed E-state index contributed by atoms with van der Waals surface area (Å²) in [5, 5.41) is 25.7. The summed E-state index contributed by atoms with van der Waals surface area (Å²) < 4.78 is 1.62. The number of benzene rings is 1. The molecule has 1 aromatic carbocycles. The molecule has 6 heteroatoms. The number of phenols is 2. The standard InChI is InChI=1S/C13H15N3O3/c1-3-10-11(7-16(2)15-10)14-13(19)9-5-4-8(17)6-12(9)18/h4-7,17-18H,3H2,1-2H3,(H,14,19). The molecular formula is C13H15N3O3. The number of phenolic OH excluding ortho intramolecular Hbond substituents is 2. The van der Waals surface area contributed by atoms with E-state index in [0.717, 1.165) is 11.8 Å². The Bertz CT molecular complexity index is 620. The van der Waals surface area contributed by atoms with E-state index in [1.807, 2.05) is 6.92 Å². The molecule has 1 heterocycles. The van der Waals surface area contributed by atoms with Crippen LogP contribution in [0.15, 0.2) is 24.4 Å². The predicted octanol–water partition coefficient (Wildman–Crippen LogP) is 1.65. The molecule has 1 aromatic heterocycles. The van der Waals surface area contributed by atoms with Gasteiger partial charge in [0.15, 0.2) is 0 Å². The third-order valence-electron chi connectivity index (χ3n) is 2.71. The minimum atomic E-state index is -0.444. The minimum absolute atomic E-state index is 0.0929. The fourth-order valence-corrected chi connectivity index (χ4v) is 1.80. The van der Waals surface area contributed by atoms with Crippen molar-refractivity contribution in [3.63, 3.8) is 0 Å². The van der Waals surface area contributed by atoms with Gasteiger partial charge in [0.05, 0.1) is 16.9 Å². The molecule has 0 saturated carbocycles. The Labute approximate surface area is 110 Å². The van der Waals surface area contributed by atoms with E-state index >= 15 is 0 Å². The molecule has 0 radical (unpaired) electrons. The normalized spacial score (nSPS) is 10.4. The van der Waals surface area contributed by atoms with Crippen molar-refractivity contribution in [2.45, 2.75) is 13.3 Å². The molecule has 0 spiro atoms. The Morgan fingerprint density at radius 3 is 2.79 bits per heavy atom. The summed E-state index contributed by atoms with van der Waals surface area (Å²) >= 11 is 0. The highest BCUT2D eigenvalue weighted by atomic mass is 16.3. The van der Waals surface area contributed by atoms with Crippen LogP contribution in [0.25, 0.3) is 0 Å². The van der Waals surface area contributed by atoms with Gasteiger partial charge in [-0.05, 0) is 18.6 Å². The first-order valence-corrected chi connectivity index (χ1v) is 5.87. The second-order valence-electron chi connectivity index (χ2n) is 4.17. The summed E-state index contributed by atoms with van der Waals surface area (Å²) in [6.45, 7) is 1.94. The van der Waals surface area contributed by atoms with E-state index in [2.05, 4.69) is 10.4 Å². The van der Waals surface area contributed by atoms with Gasteiger partial charge < -0.3 is 15.5 Å². The number of carbonyl (C=O) groups excluding carboxylic acids is 1. The highest BCUT2D eigenvalue weighted by Crippen LogP contribution is 2.24. The van der Waals surface area contributed by atoms with E-state index in [-0.39, 0.29) is 17.1 Å². The monoisotopic (exact) mass is 261 g/mol. The van der Waals surface area contributed by atoms with Crippen molar-refractivity contribution >= 4 is 11.6 Å². The molecule has 0 fully saturated rings. The molecular weight excluding hydrogens is 246 g/mol. The zero-order chi connectivity index (χ0) is 14.0. The summed E-state index contributed by atoms with van der Waals surface area (Å²) in [5.74, 6) is -0.802. The molecule has 0 saturated heterocycles. The van der Waals surface area contributed by atoms with E-state index < -0.39 is 5.91 Å². The first-order valence-electron chi connectivity index (χ1n) is 5.87. The van der Waals surface area contributed by atoms with Crippen molar-refractivity contribution in [1.29, 1.82) is 0 Å². The second kappa shape index (κ2) is 5.01. The van der Waals surface area contributed by atoms with Gasteiger partial charge in [-0.2, -0.15) is 5.10 Å². The number of anilines is 1. The summed E-state index contributed by atoms with van der Waals surface area (Å²) in [4.78, 5) is 12.0. The molecule has 6 nitrogen and oxygen atoms in total. The van der Waals surface area contributed by atoms with Gasteiger partial charge in [0.2, 0.25) is 0 Å². The summed E-state index contributed by atoms with van der Waals surface area (Å²) in [7, 11) is 1.77. The Morgan fingerprint density at radius 2 is 2.16 bits per heavy atom. The molecule has 0 aliphatic carbocycles. The van der Waals surface area contributed by atoms with Crippen molar-refractivity contribution in [3.8, 4) is 11.5 Å². The first kappa shape index (κ1) is 12.9. The Balaban J connectivity index is 2.25. The molecule has 19 heavy (non-hydrogen) atoms. The van der Waals surface area contributed by atoms with Crippen LogP contribution >= 0.6 is 0 Å². The van der Waals surface area contributed by atoms with Crippen LogP contribution in [0, 0.1) is 0 Å². The van der Waals surface area contributed by atoms with Crippen LogP contribution in [0.4, 0.5) is 5.69 Å². The second-order valence-corrected chi connectivity index (χ2v) is 4.17. The molecule has 0 unspecified atom stereocenters. The molecule has 3 N–H and O–H groups in total. The van der Waals surface area contributed by atoms with Crippen molar-refractivity contribution in [3.05, 3.63) is 35.7 Å². The van der Waals surface area contributed by atoms with E-state index in [1.165, 1.54) is 12.1 Å². The maximum absolute atomic E-state index is 12.0. The number of nitrogens with zero attached hydrogens (tertiary/aromatic N) is 2. The largest absolute Gasteiger partial charge is 0.508 e. The molecule has 0 aliphatic heterocycles. The van der Waals surface area contributed by atoms with Crippen LogP contribution in [-0.2, 0) is 13.5 Å². The molecule has 0 aliphatic rings. The van der Waals surface area contributed by atoms with Gasteiger partial charge in [0.1, 0.15) is 11.5 Å². The van der Waals surface area contributed by atoms with Gasteiger partial charge in [-0.15, -0.1) is 0 Å². The maximum Gasteiger partial charge on any atom is 0.259 e. The van der Waals surface area contributed by atoms with Crippen molar-refractivity contribution in [2.24, 2.45) is 7.05 Å². The summed E-state index contributed by atoms with van der Waals surface area (Å²) in [6, 6.07) is 3.83. The molecule has 100 valence electrons. The number of aromatic nitrogens is 2. The molecule has 2 aromatic rings. The van der Waals surface area contributed by atoms with Crippen LogP contribution < -0.4 is 5.32 Å². The number of hydrogen-bond acceptors (Lipinski definition) is 4. The fraction of sp³-hybridized carbons (Fsp3) is 0.231. The lowest BCUT2D eigenvalue weighted by Gasteiger charge is -2.06. The Hall–Kier alpha value is -2.50. The molecule has 1 amide bonds. The van der Waals surface area contributed by atoms with E-state index in [1.54, 1.807) is 17.9 Å². The number of nitrogens with one attached hydrogen (secondary N) is 1. The average Bonchev–Trinajstić information content (AvgIpc) is 2.69. The third-order valence-corrected chi connectivity index (χ3v) is 2.71. The average molecular weight is 261 g/mol. The molecule has 0 bridgehead atoms. The first-order chi connectivity index (χ1) is 9.01. The lowest BCUT2D eigenvalue weighted by Crippen LogP contribution is -2.12. The van der Waals surface area contributed by atoms with Crippen molar-refractivity contribution < 1.29 is 15.0 Å². The quantitative estimate of drug-likeness (QED) is 0.784. The number of aryl methyl sites for hydroxylation is 2. The van der Waals surface area contributed by atoms with Gasteiger partial charge >= 0.3 is 0 Å². The van der Waals surface area contributed by atoms with E-state index in [9.17, 15) is 15.0 Å². The number of carbonyl (C=O) groups is 1. The zero-order valence-electron chi connectivity index (χ0n) is 10.7. The Morgan fingerprint density at radius 1 is 1.42 bits per heavy atom. The van der Waals surface area contributed by atoms with Crippen LogP contribution in [-0.4, -0.2) is 25.9 Å². The molecule has 0 atom stereocenters. The minimum Gasteiger partial charge on any atom is -0.508 e. The number of amides is 1. The number of hydrogen-bond donors (Lipinski definition) is 3. The van der Waals surface area contributed by atoms with E-state index in [0.29, 0.717) is 12.1 Å². The van der Waals surface area contributed by atoms with Gasteiger partial charge in [0, 0.05) is 19.3 Å². The highest BCUT2D eigenvalue weighted by molar-refractivity contribution is 6.06. The third kappa shape index (κ3) is 2.67. The van der Waals surface area contributed by atoms with Crippen molar-refractivity contribution in [2.75, 3.05) is 5.32 Å². The smallest absolute Gasteiger partial charge is 0.259 e. The van der Waals surface area contributed by atoms with Crippen LogP contribution in [0.2, 0.25) is 0 Å². The Kier molecular flexibility index (Phi) is 3.41. The van der Waals surface area contributed by atoms with Gasteiger partial charge in [-0.3, -0.25) is 9.48 Å². The van der Waals surface area contributed by atoms with Gasteiger partial charge in [0.25, 0.3) is 5.91 Å². The topological polar surface area (TPSA) is 87.4 Å².